The fraction of sp³-hybridized carbons (Fsp3) is 0.176. The first-order chi connectivity index (χ1) is 12.4. The van der Waals surface area contributed by atoms with Crippen LogP contribution in [0.25, 0.3) is 0 Å². The van der Waals surface area contributed by atoms with Gasteiger partial charge in [-0.3, -0.25) is 4.79 Å². The highest BCUT2D eigenvalue weighted by Gasteiger charge is 2.47. The lowest BCUT2D eigenvalue weighted by Gasteiger charge is -2.18. The molecule has 136 valence electrons. The average molecular weight is 366 g/mol. The minimum absolute atomic E-state index is 0.0249. The Bertz CT molecular complexity index is 847. The van der Waals surface area contributed by atoms with E-state index in [0.29, 0.717) is 11.6 Å². The number of amides is 1. The first-order valence-corrected chi connectivity index (χ1v) is 7.53. The van der Waals surface area contributed by atoms with Crippen molar-refractivity contribution in [1.29, 1.82) is 0 Å². The number of nitrogens with zero attached hydrogens (tertiary/aromatic N) is 1. The Kier molecular flexibility index (Phi) is 4.92. The van der Waals surface area contributed by atoms with E-state index >= 15 is 0 Å². The molecule has 2 atom stereocenters. The van der Waals surface area contributed by atoms with Gasteiger partial charge < -0.3 is 15.3 Å². The Hall–Kier alpha value is -2.91. The molecule has 0 aliphatic carbocycles. The van der Waals surface area contributed by atoms with Crippen molar-refractivity contribution in [1.82, 2.24) is 5.06 Å². The van der Waals surface area contributed by atoms with Crippen molar-refractivity contribution in [3.8, 4) is 0 Å². The Morgan fingerprint density at radius 1 is 1.12 bits per heavy atom. The van der Waals surface area contributed by atoms with E-state index in [0.717, 1.165) is 11.1 Å². The molecule has 2 aromatic carbocycles. The van der Waals surface area contributed by atoms with Crippen LogP contribution in [-0.4, -0.2) is 28.3 Å². The Labute approximate surface area is 145 Å². The number of hydrogen-bond donors (Lipinski definition) is 2. The first-order valence-electron chi connectivity index (χ1n) is 7.53. The number of benzene rings is 2. The number of anilines is 1. The van der Waals surface area contributed by atoms with E-state index in [1.165, 1.54) is 0 Å². The molecule has 1 amide bonds. The number of hydrogen-bond acceptors (Lipinski definition) is 5. The van der Waals surface area contributed by atoms with Crippen LogP contribution in [0.1, 0.15) is 5.56 Å². The van der Waals surface area contributed by atoms with Gasteiger partial charge in [0.1, 0.15) is 0 Å². The number of aliphatic hydroxyl groups is 1. The zero-order chi connectivity index (χ0) is 18.8. The van der Waals surface area contributed by atoms with Crippen molar-refractivity contribution >= 4 is 17.6 Å². The molecule has 1 saturated heterocycles. The molecule has 26 heavy (non-hydrogen) atoms. The third-order valence-electron chi connectivity index (χ3n) is 3.81. The van der Waals surface area contributed by atoms with Crippen LogP contribution in [0, 0.1) is 23.4 Å². The van der Waals surface area contributed by atoms with Crippen molar-refractivity contribution in [2.75, 3.05) is 5.32 Å². The third-order valence-corrected chi connectivity index (χ3v) is 3.81. The molecule has 1 fully saturated rings. The highest BCUT2D eigenvalue weighted by Crippen LogP contribution is 2.26. The van der Waals surface area contributed by atoms with Crippen LogP contribution in [0.15, 0.2) is 42.5 Å². The summed E-state index contributed by atoms with van der Waals surface area (Å²) in [6.07, 6.45) is -1.63. The van der Waals surface area contributed by atoms with Crippen LogP contribution in [0.2, 0.25) is 0 Å². The number of carbonyl (C=O) groups is 2. The van der Waals surface area contributed by atoms with E-state index < -0.39 is 47.2 Å². The summed E-state index contributed by atoms with van der Waals surface area (Å²) >= 11 is 0. The van der Waals surface area contributed by atoms with Gasteiger partial charge in [0.2, 0.25) is 5.91 Å². The fourth-order valence-electron chi connectivity index (χ4n) is 2.48. The average Bonchev–Trinajstić information content (AvgIpc) is 2.90. The second-order valence-corrected chi connectivity index (χ2v) is 5.57. The molecule has 0 spiro atoms. The quantitative estimate of drug-likeness (QED) is 0.639. The van der Waals surface area contributed by atoms with E-state index in [9.17, 15) is 27.9 Å². The minimum Gasteiger partial charge on any atom is -0.374 e. The molecule has 0 aromatic heterocycles. The lowest BCUT2D eigenvalue weighted by Crippen LogP contribution is -2.38. The second kappa shape index (κ2) is 7.14. The topological polar surface area (TPSA) is 78.9 Å². The smallest absolute Gasteiger partial charge is 0.341 e. The Morgan fingerprint density at radius 2 is 1.81 bits per heavy atom. The molecule has 3 rings (SSSR count). The molecule has 6 nitrogen and oxygen atoms in total. The number of aliphatic hydroxyl groups excluding tert-OH is 1. The summed E-state index contributed by atoms with van der Waals surface area (Å²) in [5.74, 6) is -8.62. The van der Waals surface area contributed by atoms with Gasteiger partial charge in [0.05, 0.1) is 12.2 Å². The van der Waals surface area contributed by atoms with E-state index in [1.807, 2.05) is 5.32 Å². The fourth-order valence-corrected chi connectivity index (χ4v) is 2.48. The van der Waals surface area contributed by atoms with Crippen molar-refractivity contribution in [2.24, 2.45) is 5.92 Å². The Morgan fingerprint density at radius 3 is 2.50 bits per heavy atom. The SMILES string of the molecule is O=C(Nc1ccc(F)c(F)c1F)C1C(=O)ON(Cc2ccccc2)C1O. The molecule has 1 aliphatic rings. The lowest BCUT2D eigenvalue weighted by atomic mass is 10.1. The van der Waals surface area contributed by atoms with Gasteiger partial charge in [0.15, 0.2) is 29.6 Å². The maximum atomic E-state index is 13.6. The van der Waals surface area contributed by atoms with Gasteiger partial charge in [0.25, 0.3) is 0 Å². The molecular formula is C17H13F3N2O4. The van der Waals surface area contributed by atoms with E-state index in [1.54, 1.807) is 30.3 Å². The predicted octanol–water partition coefficient (Wildman–Crippen LogP) is 1.95. The van der Waals surface area contributed by atoms with Crippen LogP contribution in [0.3, 0.4) is 0 Å². The number of nitrogens with one attached hydrogen (secondary N) is 1. The molecule has 2 unspecified atom stereocenters. The molecule has 0 saturated carbocycles. The number of carbonyl (C=O) groups excluding carboxylic acids is 2. The minimum atomic E-state index is -1.76. The normalized spacial score (nSPS) is 20.1. The first kappa shape index (κ1) is 17.9. The van der Waals surface area contributed by atoms with Gasteiger partial charge in [-0.05, 0) is 17.7 Å². The monoisotopic (exact) mass is 366 g/mol. The second-order valence-electron chi connectivity index (χ2n) is 5.57. The highest BCUT2D eigenvalue weighted by molar-refractivity contribution is 6.05. The van der Waals surface area contributed by atoms with Crippen LogP contribution in [0.4, 0.5) is 18.9 Å². The summed E-state index contributed by atoms with van der Waals surface area (Å²) in [5, 5.41) is 13.1. The third kappa shape index (κ3) is 3.39. The van der Waals surface area contributed by atoms with Gasteiger partial charge in [-0.2, -0.15) is 0 Å². The predicted molar refractivity (Wildman–Crippen MR) is 82.5 cm³/mol. The standard InChI is InChI=1S/C17H13F3N2O4/c18-10-6-7-11(14(20)13(10)19)21-15(23)12-16(24)22(26-17(12)25)8-9-4-2-1-3-5-9/h1-7,12,16,24H,8H2,(H,21,23). The number of rotatable bonds is 4. The van der Waals surface area contributed by atoms with Crippen molar-refractivity contribution in [3.05, 3.63) is 65.5 Å². The highest BCUT2D eigenvalue weighted by atomic mass is 19.2. The summed E-state index contributed by atoms with van der Waals surface area (Å²) in [4.78, 5) is 29.0. The summed E-state index contributed by atoms with van der Waals surface area (Å²) < 4.78 is 39.8. The van der Waals surface area contributed by atoms with Crippen molar-refractivity contribution in [3.63, 3.8) is 0 Å². The molecule has 2 N–H and O–H groups in total. The van der Waals surface area contributed by atoms with Gasteiger partial charge >= 0.3 is 5.97 Å². The van der Waals surface area contributed by atoms with E-state index in [-0.39, 0.29) is 6.54 Å². The number of hydroxylamine groups is 2. The van der Waals surface area contributed by atoms with Gasteiger partial charge in [0, 0.05) is 0 Å². The van der Waals surface area contributed by atoms with Crippen LogP contribution < -0.4 is 5.32 Å². The van der Waals surface area contributed by atoms with E-state index in [2.05, 4.69) is 0 Å². The maximum Gasteiger partial charge on any atom is 0.341 e. The van der Waals surface area contributed by atoms with Crippen LogP contribution in [-0.2, 0) is 21.0 Å². The maximum absolute atomic E-state index is 13.6. The zero-order valence-electron chi connectivity index (χ0n) is 13.2. The molecule has 1 heterocycles. The van der Waals surface area contributed by atoms with Gasteiger partial charge in [-0.15, -0.1) is 5.06 Å². The molecule has 1 aliphatic heterocycles. The van der Waals surface area contributed by atoms with Gasteiger partial charge in [-0.25, -0.2) is 18.0 Å². The lowest BCUT2D eigenvalue weighted by molar-refractivity contribution is -0.198. The van der Waals surface area contributed by atoms with Crippen LogP contribution >= 0.6 is 0 Å². The van der Waals surface area contributed by atoms with Gasteiger partial charge in [-0.1, -0.05) is 30.3 Å². The molecule has 9 heteroatoms. The molecule has 0 radical (unpaired) electrons. The number of halogens is 3. The Balaban J connectivity index is 1.73. The summed E-state index contributed by atoms with van der Waals surface area (Å²) in [5.41, 5.74) is 0.0578. The summed E-state index contributed by atoms with van der Waals surface area (Å²) in [6.45, 7) is 0.0249. The van der Waals surface area contributed by atoms with Crippen molar-refractivity contribution < 1.29 is 32.7 Å². The van der Waals surface area contributed by atoms with Crippen molar-refractivity contribution in [2.45, 2.75) is 12.8 Å². The molecular weight excluding hydrogens is 353 g/mol. The van der Waals surface area contributed by atoms with Crippen LogP contribution in [0.5, 0.6) is 0 Å². The summed E-state index contributed by atoms with van der Waals surface area (Å²) in [7, 11) is 0. The molecule has 0 bridgehead atoms. The van der Waals surface area contributed by atoms with E-state index in [4.69, 9.17) is 4.84 Å². The largest absolute Gasteiger partial charge is 0.374 e. The zero-order valence-corrected chi connectivity index (χ0v) is 13.2. The molecule has 2 aromatic rings. The summed E-state index contributed by atoms with van der Waals surface area (Å²) in [6, 6.07) is 10.2.